The Balaban J connectivity index is 2.36. The third-order valence-electron chi connectivity index (χ3n) is 2.52. The van der Waals surface area contributed by atoms with Crippen LogP contribution in [-0.2, 0) is 6.61 Å². The Morgan fingerprint density at radius 1 is 1.28 bits per heavy atom. The summed E-state index contributed by atoms with van der Waals surface area (Å²) in [4.78, 5) is 5.10. The van der Waals surface area contributed by atoms with Crippen LogP contribution in [0.5, 0.6) is 0 Å². The fourth-order valence-electron chi connectivity index (χ4n) is 1.76. The van der Waals surface area contributed by atoms with Crippen LogP contribution in [0.4, 0.5) is 4.39 Å². The summed E-state index contributed by atoms with van der Waals surface area (Å²) in [5.41, 5.74) is 2.37. The van der Waals surface area contributed by atoms with Crippen LogP contribution in [0.15, 0.2) is 40.3 Å². The molecular weight excluding hydrogens is 249 g/mol. The summed E-state index contributed by atoms with van der Waals surface area (Å²) in [5, 5.41) is 10.0. The van der Waals surface area contributed by atoms with Gasteiger partial charge in [0.15, 0.2) is 0 Å². The molecule has 0 aliphatic heterocycles. The highest BCUT2D eigenvalue weighted by Gasteiger charge is 2.09. The van der Waals surface area contributed by atoms with E-state index < -0.39 is 0 Å². The van der Waals surface area contributed by atoms with Gasteiger partial charge in [0, 0.05) is 16.2 Å². The molecule has 0 saturated heterocycles. The van der Waals surface area contributed by atoms with Gasteiger partial charge >= 0.3 is 0 Å². The van der Waals surface area contributed by atoms with Crippen molar-refractivity contribution in [3.63, 3.8) is 0 Å². The number of rotatable bonds is 3. The van der Waals surface area contributed by atoms with Crippen molar-refractivity contribution < 1.29 is 9.50 Å². The van der Waals surface area contributed by atoms with Gasteiger partial charge < -0.3 is 5.11 Å². The molecule has 0 aliphatic carbocycles. The summed E-state index contributed by atoms with van der Waals surface area (Å²) < 4.78 is 13.5. The standard InChI is InChI=1S/C14H14FNOS/c1-9-6-10(2)16-14(7-9)18-13-5-3-4-12(15)11(13)8-17/h3-7,17H,8H2,1-2H3. The average molecular weight is 263 g/mol. The third-order valence-corrected chi connectivity index (χ3v) is 3.54. The highest BCUT2D eigenvalue weighted by Crippen LogP contribution is 2.31. The minimum atomic E-state index is -0.383. The second-order valence-electron chi connectivity index (χ2n) is 4.10. The topological polar surface area (TPSA) is 33.1 Å². The van der Waals surface area contributed by atoms with Crippen molar-refractivity contribution in [3.8, 4) is 0 Å². The van der Waals surface area contributed by atoms with E-state index in [1.165, 1.54) is 17.8 Å². The number of aliphatic hydroxyl groups excluding tert-OH is 1. The van der Waals surface area contributed by atoms with Gasteiger partial charge in [-0.1, -0.05) is 17.8 Å². The van der Waals surface area contributed by atoms with Gasteiger partial charge in [-0.05, 0) is 43.7 Å². The predicted molar refractivity (Wildman–Crippen MR) is 70.2 cm³/mol. The summed E-state index contributed by atoms with van der Waals surface area (Å²) in [5.74, 6) is -0.383. The van der Waals surface area contributed by atoms with E-state index in [4.69, 9.17) is 0 Å². The van der Waals surface area contributed by atoms with E-state index in [2.05, 4.69) is 4.98 Å². The highest BCUT2D eigenvalue weighted by atomic mass is 32.2. The summed E-state index contributed by atoms with van der Waals surface area (Å²) in [6.07, 6.45) is 0. The van der Waals surface area contributed by atoms with Crippen LogP contribution < -0.4 is 0 Å². The minimum absolute atomic E-state index is 0.306. The van der Waals surface area contributed by atoms with Crippen LogP contribution in [-0.4, -0.2) is 10.1 Å². The second-order valence-corrected chi connectivity index (χ2v) is 5.16. The van der Waals surface area contributed by atoms with Crippen molar-refractivity contribution >= 4 is 11.8 Å². The van der Waals surface area contributed by atoms with Crippen molar-refractivity contribution in [2.24, 2.45) is 0 Å². The summed E-state index contributed by atoms with van der Waals surface area (Å²) in [6.45, 7) is 3.62. The van der Waals surface area contributed by atoms with Crippen molar-refractivity contribution in [1.29, 1.82) is 0 Å². The van der Waals surface area contributed by atoms with Gasteiger partial charge in [0.1, 0.15) is 10.8 Å². The zero-order valence-electron chi connectivity index (χ0n) is 10.3. The van der Waals surface area contributed by atoms with Crippen molar-refractivity contribution in [3.05, 3.63) is 53.0 Å². The zero-order valence-corrected chi connectivity index (χ0v) is 11.1. The number of benzene rings is 1. The second kappa shape index (κ2) is 5.50. The lowest BCUT2D eigenvalue weighted by Gasteiger charge is -2.08. The number of aliphatic hydroxyl groups is 1. The first kappa shape index (κ1) is 13.1. The van der Waals surface area contributed by atoms with Crippen LogP contribution in [0.25, 0.3) is 0 Å². The van der Waals surface area contributed by atoms with Crippen molar-refractivity contribution in [1.82, 2.24) is 4.98 Å². The largest absolute Gasteiger partial charge is 0.392 e. The summed E-state index contributed by atoms with van der Waals surface area (Å²) >= 11 is 1.37. The molecule has 1 N–H and O–H groups in total. The van der Waals surface area contributed by atoms with Gasteiger partial charge in [-0.25, -0.2) is 9.37 Å². The lowest BCUT2D eigenvalue weighted by atomic mass is 10.2. The molecule has 0 saturated carbocycles. The average Bonchev–Trinajstić information content (AvgIpc) is 2.27. The normalized spacial score (nSPS) is 10.7. The number of hydrogen-bond donors (Lipinski definition) is 1. The van der Waals surface area contributed by atoms with E-state index in [-0.39, 0.29) is 12.4 Å². The van der Waals surface area contributed by atoms with Crippen LogP contribution in [0.1, 0.15) is 16.8 Å². The SMILES string of the molecule is Cc1cc(C)nc(Sc2cccc(F)c2CO)c1. The molecule has 4 heteroatoms. The Morgan fingerprint density at radius 3 is 2.72 bits per heavy atom. The van der Waals surface area contributed by atoms with E-state index in [1.54, 1.807) is 12.1 Å². The molecule has 2 rings (SSSR count). The van der Waals surface area contributed by atoms with Crippen LogP contribution in [0.2, 0.25) is 0 Å². The lowest BCUT2D eigenvalue weighted by Crippen LogP contribution is -1.94. The molecule has 1 aromatic heterocycles. The van der Waals surface area contributed by atoms with E-state index in [1.807, 2.05) is 26.0 Å². The first-order valence-corrected chi connectivity index (χ1v) is 6.43. The van der Waals surface area contributed by atoms with Crippen LogP contribution in [0, 0.1) is 19.7 Å². The van der Waals surface area contributed by atoms with Crippen molar-refractivity contribution in [2.75, 3.05) is 0 Å². The Bertz CT molecular complexity index is 551. The highest BCUT2D eigenvalue weighted by molar-refractivity contribution is 7.99. The number of nitrogens with zero attached hydrogens (tertiary/aromatic N) is 1. The Kier molecular flexibility index (Phi) is 3.99. The van der Waals surface area contributed by atoms with Crippen LogP contribution >= 0.6 is 11.8 Å². The number of pyridine rings is 1. The van der Waals surface area contributed by atoms with Gasteiger partial charge in [0.05, 0.1) is 6.61 Å². The molecule has 0 bridgehead atoms. The lowest BCUT2D eigenvalue weighted by molar-refractivity contribution is 0.272. The van der Waals surface area contributed by atoms with Crippen LogP contribution in [0.3, 0.4) is 0 Å². The quantitative estimate of drug-likeness (QED) is 0.920. The molecule has 0 aliphatic rings. The monoisotopic (exact) mass is 263 g/mol. The Morgan fingerprint density at radius 2 is 2.06 bits per heavy atom. The van der Waals surface area contributed by atoms with E-state index in [0.29, 0.717) is 10.5 Å². The molecule has 0 atom stereocenters. The number of hydrogen-bond acceptors (Lipinski definition) is 3. The van der Waals surface area contributed by atoms with E-state index in [0.717, 1.165) is 16.3 Å². The Hall–Kier alpha value is -1.39. The molecule has 2 nitrogen and oxygen atoms in total. The van der Waals surface area contributed by atoms with Gasteiger partial charge in [-0.2, -0.15) is 0 Å². The smallest absolute Gasteiger partial charge is 0.129 e. The van der Waals surface area contributed by atoms with E-state index in [9.17, 15) is 9.50 Å². The van der Waals surface area contributed by atoms with Crippen molar-refractivity contribution in [2.45, 2.75) is 30.4 Å². The molecule has 0 spiro atoms. The Labute approximate surface area is 110 Å². The number of aryl methyl sites for hydroxylation is 2. The molecule has 0 radical (unpaired) electrons. The third kappa shape index (κ3) is 2.89. The molecular formula is C14H14FNOS. The maximum Gasteiger partial charge on any atom is 0.129 e. The molecule has 1 heterocycles. The molecule has 94 valence electrons. The number of halogens is 1. The molecule has 2 aromatic rings. The molecule has 18 heavy (non-hydrogen) atoms. The molecule has 1 aromatic carbocycles. The summed E-state index contributed by atoms with van der Waals surface area (Å²) in [6, 6.07) is 8.72. The van der Waals surface area contributed by atoms with Gasteiger partial charge in [-0.15, -0.1) is 0 Å². The molecule has 0 unspecified atom stereocenters. The maximum absolute atomic E-state index is 13.5. The minimum Gasteiger partial charge on any atom is -0.392 e. The van der Waals surface area contributed by atoms with Gasteiger partial charge in [0.25, 0.3) is 0 Å². The van der Waals surface area contributed by atoms with Gasteiger partial charge in [-0.3, -0.25) is 0 Å². The molecule has 0 fully saturated rings. The zero-order chi connectivity index (χ0) is 13.1. The fraction of sp³-hybridized carbons (Fsp3) is 0.214. The fourth-order valence-corrected chi connectivity index (χ4v) is 2.85. The summed E-state index contributed by atoms with van der Waals surface area (Å²) in [7, 11) is 0. The first-order chi connectivity index (χ1) is 8.60. The van der Waals surface area contributed by atoms with E-state index >= 15 is 0 Å². The number of aromatic nitrogens is 1. The van der Waals surface area contributed by atoms with Gasteiger partial charge in [0.2, 0.25) is 0 Å². The first-order valence-electron chi connectivity index (χ1n) is 5.61. The predicted octanol–water partition coefficient (Wildman–Crippen LogP) is 3.48. The molecule has 0 amide bonds. The maximum atomic E-state index is 13.5.